The topological polar surface area (TPSA) is 38.8 Å². The van der Waals surface area contributed by atoms with Crippen molar-refractivity contribution in [2.45, 2.75) is 44.8 Å². The summed E-state index contributed by atoms with van der Waals surface area (Å²) in [5.41, 5.74) is -1.36. The molecule has 0 aromatic heterocycles. The number of urea groups is 1. The summed E-state index contributed by atoms with van der Waals surface area (Å²) in [6, 6.07) is -8.02. The smallest absolute Gasteiger partial charge is 0.317 e. The van der Waals surface area contributed by atoms with E-state index in [1.165, 1.54) is 0 Å². The number of piperazine rings is 1. The van der Waals surface area contributed by atoms with Crippen LogP contribution in [0.4, 0.5) is 10.5 Å². The molecule has 5 nitrogen and oxygen atoms in total. The lowest BCUT2D eigenvalue weighted by molar-refractivity contribution is 0.194. The molecule has 0 radical (unpaired) electrons. The van der Waals surface area contributed by atoms with Crippen LogP contribution in [0.25, 0.3) is 0 Å². The number of carbonyl (C=O) groups is 1. The molecule has 1 saturated carbocycles. The second kappa shape index (κ2) is 9.84. The average molecular weight is 430 g/mol. The summed E-state index contributed by atoms with van der Waals surface area (Å²) in [4.78, 5) is 12.5. The third-order valence-corrected chi connectivity index (χ3v) is 3.92. The Hall–Kier alpha value is -1.46. The van der Waals surface area contributed by atoms with E-state index in [1.54, 1.807) is 5.32 Å². The summed E-state index contributed by atoms with van der Waals surface area (Å²) in [7, 11) is 2.14. The number of nitrogens with one attached hydrogen (secondary N) is 1. The highest BCUT2D eigenvalue weighted by Crippen LogP contribution is 2.30. The number of hydrogen-bond donors (Lipinski definition) is 1. The zero-order chi connectivity index (χ0) is 40.7. The molecule has 1 aromatic carbocycles. The van der Waals surface area contributed by atoms with Gasteiger partial charge in [-0.15, -0.1) is 0 Å². The van der Waals surface area contributed by atoms with Gasteiger partial charge in [0.15, 0.2) is 0 Å². The van der Waals surface area contributed by atoms with Crippen LogP contribution in [-0.2, 0) is 0 Å². The van der Waals surface area contributed by atoms with E-state index in [-0.39, 0.29) is 10.5 Å². The summed E-state index contributed by atoms with van der Waals surface area (Å²) in [6.07, 6.45) is -21.4. The minimum atomic E-state index is -4.46. The predicted molar refractivity (Wildman–Crippen MR) is 117 cm³/mol. The van der Waals surface area contributed by atoms with E-state index in [9.17, 15) is 4.79 Å². The summed E-state index contributed by atoms with van der Waals surface area (Å²) >= 11 is 6.26. The van der Waals surface area contributed by atoms with E-state index in [2.05, 4.69) is 0 Å². The van der Waals surface area contributed by atoms with Gasteiger partial charge in [0.05, 0.1) is 21.7 Å². The molecule has 2 aliphatic rings. The normalized spacial score (nSPS) is 55.7. The number of rotatable bonds is 5. The highest BCUT2D eigenvalue weighted by atomic mass is 35.5. The number of halogens is 1. The molecule has 1 aliphatic carbocycles. The molecule has 0 atom stereocenters. The average Bonchev–Trinajstić information content (AvgIpc) is 2.96. The molecule has 0 spiro atoms. The lowest BCUT2D eigenvalue weighted by Gasteiger charge is -2.37. The molecule has 1 N–H and O–H groups in total. The van der Waals surface area contributed by atoms with E-state index < -0.39 is 116 Å². The Bertz CT molecular complexity index is 1530. The van der Waals surface area contributed by atoms with Crippen molar-refractivity contribution < 1.29 is 36.3 Å². The van der Waals surface area contributed by atoms with Crippen LogP contribution in [0.1, 0.15) is 69.0 Å². The molecule has 28 heavy (non-hydrogen) atoms. The third-order valence-electron chi connectivity index (χ3n) is 3.46. The Morgan fingerprint density at radius 3 is 2.64 bits per heavy atom. The van der Waals surface area contributed by atoms with Gasteiger partial charge in [0.1, 0.15) is 0 Å². The van der Waals surface area contributed by atoms with Crippen molar-refractivity contribution in [2.24, 2.45) is 5.89 Å². The number of anilines is 1. The molecular formula is C22H35ClN4O. The molecule has 1 saturated heterocycles. The Morgan fingerprint density at radius 2 is 2.00 bits per heavy atom. The Kier molecular flexibility index (Phi) is 2.29. The maximum atomic E-state index is 12.5. The van der Waals surface area contributed by atoms with E-state index in [1.807, 2.05) is 0 Å². The van der Waals surface area contributed by atoms with Gasteiger partial charge in [0.2, 0.25) is 0 Å². The van der Waals surface area contributed by atoms with E-state index in [0.29, 0.717) is 4.90 Å². The van der Waals surface area contributed by atoms with Crippen LogP contribution in [0.5, 0.6) is 0 Å². The highest BCUT2D eigenvalue weighted by Gasteiger charge is 2.24. The Labute approximate surface area is 207 Å². The van der Waals surface area contributed by atoms with Crippen LogP contribution < -0.4 is 10.2 Å². The van der Waals surface area contributed by atoms with Crippen LogP contribution in [0, 0.1) is 12.8 Å². The van der Waals surface area contributed by atoms with E-state index >= 15 is 0 Å². The van der Waals surface area contributed by atoms with Crippen LogP contribution >= 0.6 is 11.6 Å². The van der Waals surface area contributed by atoms with Gasteiger partial charge >= 0.3 is 6.03 Å². The van der Waals surface area contributed by atoms with Crippen LogP contribution in [0.2, 0.25) is 5.02 Å². The minimum absolute atomic E-state index is 0.240. The van der Waals surface area contributed by atoms with Crippen molar-refractivity contribution in [3.05, 3.63) is 28.7 Å². The molecule has 1 aromatic rings. The number of amides is 2. The molecule has 2 amide bonds. The molecule has 0 unspecified atom stereocenters. The van der Waals surface area contributed by atoms with Gasteiger partial charge in [-0.2, -0.15) is 0 Å². The van der Waals surface area contributed by atoms with E-state index in [0.717, 1.165) is 21.0 Å². The number of hydrogen-bond acceptors (Lipinski definition) is 3. The summed E-state index contributed by atoms with van der Waals surface area (Å²) in [5, 5.41) is 0.843. The SMILES string of the molecule is [2H]c1c([2H])c(C)c(Cl)c(N2C([2H])([2H])C([2H])([2H])N(CC([2H])([2H])C3([2H])C([2H])([2H])C([2H])([2H])C([2H])(NC(=O)N(C)C)C([2H])([2H])C3([2H])[2H])C([2H])([2H])C2([2H])[2H])c1[2H]. The molecule has 156 valence electrons. The maximum Gasteiger partial charge on any atom is 0.317 e. The monoisotopic (exact) mass is 429 g/mol. The van der Waals surface area contributed by atoms with Gasteiger partial charge < -0.3 is 15.1 Å². The van der Waals surface area contributed by atoms with Crippen molar-refractivity contribution in [1.82, 2.24) is 15.1 Å². The fraction of sp³-hybridized carbons (Fsp3) is 0.682. The Balaban J connectivity index is 2.35. The minimum Gasteiger partial charge on any atom is -0.368 e. The summed E-state index contributed by atoms with van der Waals surface area (Å²) in [6.45, 7) is -16.9. The molecule has 0 bridgehead atoms. The highest BCUT2D eigenvalue weighted by molar-refractivity contribution is 6.34. The largest absolute Gasteiger partial charge is 0.368 e. The zero-order valence-corrected chi connectivity index (χ0v) is 16.1. The first-order chi connectivity index (χ1) is 22.2. The van der Waals surface area contributed by atoms with Crippen LogP contribution in [0.3, 0.4) is 0 Å². The number of benzene rings is 1. The van der Waals surface area contributed by atoms with Crippen molar-refractivity contribution in [2.75, 3.05) is 51.5 Å². The second-order valence-electron chi connectivity index (χ2n) is 5.78. The van der Waals surface area contributed by atoms with Crippen molar-refractivity contribution in [3.8, 4) is 0 Å². The zero-order valence-electron chi connectivity index (χ0n) is 38.3. The van der Waals surface area contributed by atoms with Crippen molar-refractivity contribution in [3.63, 3.8) is 0 Å². The fourth-order valence-corrected chi connectivity index (χ4v) is 2.11. The molecule has 3 rings (SSSR count). The first-order valence-electron chi connectivity index (χ1n) is 19.5. The van der Waals surface area contributed by atoms with Crippen LogP contribution in [0.15, 0.2) is 18.1 Å². The van der Waals surface area contributed by atoms with Crippen molar-refractivity contribution >= 4 is 23.3 Å². The molecule has 1 aliphatic heterocycles. The molecule has 1 heterocycles. The molecular weight excluding hydrogens is 372 g/mol. The molecule has 6 heteroatoms. The first kappa shape index (κ1) is 6.52. The fourth-order valence-electron chi connectivity index (χ4n) is 1.93. The Morgan fingerprint density at radius 1 is 1.32 bits per heavy atom. The lowest BCUT2D eigenvalue weighted by atomic mass is 9.84. The van der Waals surface area contributed by atoms with Gasteiger partial charge in [-0.05, 0) is 62.8 Å². The van der Waals surface area contributed by atoms with Gasteiger partial charge in [-0.3, -0.25) is 4.90 Å². The number of nitrogens with zero attached hydrogens (tertiary/aromatic N) is 3. The quantitative estimate of drug-likeness (QED) is 0.768. The first-order valence-corrected chi connectivity index (χ1v) is 8.43. The van der Waals surface area contributed by atoms with Crippen molar-refractivity contribution in [1.29, 1.82) is 0 Å². The second-order valence-corrected chi connectivity index (χ2v) is 6.16. The van der Waals surface area contributed by atoms with Crippen LogP contribution in [-0.4, -0.2) is 68.5 Å². The van der Waals surface area contributed by atoms with E-state index in [4.69, 9.17) is 43.1 Å². The van der Waals surface area contributed by atoms with Gasteiger partial charge in [-0.25, -0.2) is 4.79 Å². The lowest BCUT2D eigenvalue weighted by Crippen LogP contribution is -2.47. The van der Waals surface area contributed by atoms with Gasteiger partial charge in [-0.1, -0.05) is 23.7 Å². The number of carbonyl (C=O) groups excluding carboxylic acids is 1. The van der Waals surface area contributed by atoms with Gasteiger partial charge in [0, 0.05) is 66.7 Å². The third kappa shape index (κ3) is 5.54. The standard InChI is InChI=1S/C22H35ClN4O/c1-17-5-4-6-20(21(17)23)27-15-13-26(14-16-27)12-11-18-7-9-19(10-8-18)24-22(28)25(2)3/h4-6,18-19H,7-16H2,1-3H3,(H,24,28)/i4D,5D,6D,7D2,8D2,9D2,10D2,11D2,13D2,14D2,15D2,16D2,18D,19D. The maximum absolute atomic E-state index is 12.5. The summed E-state index contributed by atoms with van der Waals surface area (Å²) in [5.74, 6) is -4.46. The molecule has 2 fully saturated rings. The predicted octanol–water partition coefficient (Wildman–Crippen LogP) is 3.99. The van der Waals surface area contributed by atoms with Gasteiger partial charge in [0.25, 0.3) is 0 Å². The summed E-state index contributed by atoms with van der Waals surface area (Å²) < 4.78 is 198.